The van der Waals surface area contributed by atoms with Crippen LogP contribution in [-0.4, -0.2) is 69.9 Å². The van der Waals surface area contributed by atoms with Crippen LogP contribution in [0.25, 0.3) is 0 Å². The summed E-state index contributed by atoms with van der Waals surface area (Å²) in [5.74, 6) is -0.208. The quantitative estimate of drug-likeness (QED) is 0.354. The second-order valence-corrected chi connectivity index (χ2v) is 11.8. The summed E-state index contributed by atoms with van der Waals surface area (Å²) in [5, 5.41) is 2.52. The zero-order valence-electron chi connectivity index (χ0n) is 18.2. The first-order chi connectivity index (χ1) is 12.1. The first-order valence-corrected chi connectivity index (χ1v) is 13.2. The molecule has 0 aromatic rings. The van der Waals surface area contributed by atoms with E-state index < -0.39 is 17.6 Å². The minimum Gasteiger partial charge on any atom is -0.389 e. The molecule has 0 saturated carbocycles. The molecule has 0 heterocycles. The highest BCUT2D eigenvalue weighted by molar-refractivity contribution is 6.60. The van der Waals surface area contributed by atoms with Crippen LogP contribution in [-0.2, 0) is 22.5 Å². The highest BCUT2D eigenvalue weighted by Gasteiger charge is 2.39. The van der Waals surface area contributed by atoms with Crippen molar-refractivity contribution in [3.8, 4) is 0 Å². The lowest BCUT2D eigenvalue weighted by molar-refractivity contribution is -0.119. The van der Waals surface area contributed by atoms with Crippen molar-refractivity contribution in [3.05, 3.63) is 0 Å². The average Bonchev–Trinajstić information content (AvgIpc) is 2.42. The summed E-state index contributed by atoms with van der Waals surface area (Å²) in [6, 6.07) is 0. The third-order valence-electron chi connectivity index (χ3n) is 2.50. The van der Waals surface area contributed by atoms with E-state index >= 15 is 0 Å². The van der Waals surface area contributed by atoms with Gasteiger partial charge >= 0.3 is 17.6 Å². The van der Waals surface area contributed by atoms with E-state index in [0.717, 1.165) is 0 Å². The van der Waals surface area contributed by atoms with Crippen molar-refractivity contribution in [2.24, 2.45) is 5.73 Å². The predicted molar refractivity (Wildman–Crippen MR) is 109 cm³/mol. The molecule has 9 nitrogen and oxygen atoms in total. The Morgan fingerprint density at radius 1 is 0.815 bits per heavy atom. The zero-order chi connectivity index (χ0) is 21.8. The smallest absolute Gasteiger partial charge is 0.389 e. The van der Waals surface area contributed by atoms with E-state index in [-0.39, 0.29) is 42.7 Å². The standard InChI is InChI=1S/C9H21NO4Si.C7H19NO3Si/c1-7(2)13-15(12,14-8(3)4)6-10-9(5)11;1-6(2)10-12(9,5-8)11-7(3)4/h7-8,12H,6H2,1-5H3,(H,10,11);6-7,9H,5,8H2,1-4H3. The van der Waals surface area contributed by atoms with Crippen molar-refractivity contribution in [2.45, 2.75) is 86.7 Å². The van der Waals surface area contributed by atoms with Crippen LogP contribution in [0.4, 0.5) is 0 Å². The Bertz CT molecular complexity index is 390. The lowest BCUT2D eigenvalue weighted by Crippen LogP contribution is -2.55. The van der Waals surface area contributed by atoms with E-state index in [2.05, 4.69) is 5.32 Å². The number of hydrogen-bond acceptors (Lipinski definition) is 8. The lowest BCUT2D eigenvalue weighted by atomic mass is 10.5. The normalized spacial score (nSPS) is 12.6. The lowest BCUT2D eigenvalue weighted by Gasteiger charge is -2.28. The molecular weight excluding hydrogens is 388 g/mol. The summed E-state index contributed by atoms with van der Waals surface area (Å²) in [6.07, 6.45) is -0.238. The Morgan fingerprint density at radius 3 is 1.33 bits per heavy atom. The van der Waals surface area contributed by atoms with Gasteiger partial charge in [0.15, 0.2) is 0 Å². The van der Waals surface area contributed by atoms with Gasteiger partial charge in [-0.3, -0.25) is 4.79 Å². The molecule has 5 N–H and O–H groups in total. The molecule has 0 aliphatic rings. The van der Waals surface area contributed by atoms with Crippen molar-refractivity contribution < 1.29 is 32.1 Å². The number of carbonyl (C=O) groups excluding carboxylic acids is 1. The van der Waals surface area contributed by atoms with Gasteiger partial charge in [0.1, 0.15) is 0 Å². The van der Waals surface area contributed by atoms with E-state index in [9.17, 15) is 14.4 Å². The fourth-order valence-corrected chi connectivity index (χ4v) is 5.83. The van der Waals surface area contributed by atoms with E-state index in [0.29, 0.717) is 0 Å². The van der Waals surface area contributed by atoms with E-state index in [1.165, 1.54) is 6.92 Å². The fourth-order valence-electron chi connectivity index (χ4n) is 1.94. The number of nitrogens with two attached hydrogens (primary N) is 1. The molecule has 0 radical (unpaired) electrons. The Morgan fingerprint density at radius 2 is 1.11 bits per heavy atom. The van der Waals surface area contributed by atoms with Gasteiger partial charge < -0.3 is 38.3 Å². The third-order valence-corrected chi connectivity index (χ3v) is 7.00. The minimum absolute atomic E-state index is 0.0519. The van der Waals surface area contributed by atoms with Crippen LogP contribution >= 0.6 is 0 Å². The summed E-state index contributed by atoms with van der Waals surface area (Å²) in [7, 11) is -6.34. The van der Waals surface area contributed by atoms with Gasteiger partial charge in [0.05, 0.1) is 12.3 Å². The maximum Gasteiger partial charge on any atom is 0.518 e. The summed E-state index contributed by atoms with van der Waals surface area (Å²) >= 11 is 0. The molecule has 0 saturated heterocycles. The van der Waals surface area contributed by atoms with Crippen molar-refractivity contribution in [3.63, 3.8) is 0 Å². The maximum absolute atomic E-state index is 10.8. The van der Waals surface area contributed by atoms with E-state index in [1.54, 1.807) is 0 Å². The average molecular weight is 429 g/mol. The topological polar surface area (TPSA) is 132 Å². The van der Waals surface area contributed by atoms with Gasteiger partial charge in [-0.15, -0.1) is 0 Å². The molecule has 0 bridgehead atoms. The van der Waals surface area contributed by atoms with Crippen LogP contribution in [0.2, 0.25) is 0 Å². The summed E-state index contributed by atoms with van der Waals surface area (Å²) in [4.78, 5) is 30.6. The molecule has 1 amide bonds. The maximum atomic E-state index is 10.8. The molecule has 0 aliphatic carbocycles. The van der Waals surface area contributed by atoms with Crippen molar-refractivity contribution in [1.82, 2.24) is 5.32 Å². The van der Waals surface area contributed by atoms with Crippen LogP contribution < -0.4 is 11.1 Å². The van der Waals surface area contributed by atoms with Gasteiger partial charge in [0.25, 0.3) is 0 Å². The molecule has 0 unspecified atom stereocenters. The second kappa shape index (κ2) is 13.7. The van der Waals surface area contributed by atoms with Gasteiger partial charge in [0, 0.05) is 31.3 Å². The summed E-state index contributed by atoms with van der Waals surface area (Å²) in [6.45, 7) is 16.0. The van der Waals surface area contributed by atoms with Gasteiger partial charge in [0.2, 0.25) is 5.91 Å². The number of hydrogen-bond donors (Lipinski definition) is 4. The van der Waals surface area contributed by atoms with E-state index in [1.807, 2.05) is 55.4 Å². The van der Waals surface area contributed by atoms with E-state index in [4.69, 9.17) is 23.4 Å². The number of nitrogens with one attached hydrogen (secondary N) is 1. The monoisotopic (exact) mass is 428 g/mol. The van der Waals surface area contributed by atoms with Crippen LogP contribution in [0.5, 0.6) is 0 Å². The molecule has 0 aromatic carbocycles. The van der Waals surface area contributed by atoms with Crippen molar-refractivity contribution in [1.29, 1.82) is 0 Å². The minimum atomic E-state index is -3.27. The SMILES string of the molecule is CC(=O)NC[Si](O)(OC(C)C)OC(C)C.CC(C)O[Si](O)(CN)OC(C)C. The largest absolute Gasteiger partial charge is 0.518 e. The van der Waals surface area contributed by atoms with Crippen LogP contribution in [0, 0.1) is 0 Å². The van der Waals surface area contributed by atoms with Crippen molar-refractivity contribution in [2.75, 3.05) is 12.3 Å². The van der Waals surface area contributed by atoms with Gasteiger partial charge in [-0.1, -0.05) is 0 Å². The second-order valence-electron chi connectivity index (χ2n) is 7.21. The number of amides is 1. The Hall–Kier alpha value is -0.376. The molecule has 164 valence electrons. The molecule has 0 atom stereocenters. The number of carbonyl (C=O) groups is 1. The number of rotatable bonds is 11. The van der Waals surface area contributed by atoms with Gasteiger partial charge in [-0.2, -0.15) is 0 Å². The van der Waals surface area contributed by atoms with Crippen LogP contribution in [0.15, 0.2) is 0 Å². The molecule has 0 aliphatic heterocycles. The van der Waals surface area contributed by atoms with Gasteiger partial charge in [-0.25, -0.2) is 0 Å². The first kappa shape index (κ1) is 28.8. The summed E-state index contributed by atoms with van der Waals surface area (Å²) < 4.78 is 21.2. The van der Waals surface area contributed by atoms with Crippen LogP contribution in [0.1, 0.15) is 62.3 Å². The molecule has 11 heteroatoms. The highest BCUT2D eigenvalue weighted by Crippen LogP contribution is 2.09. The molecule has 0 spiro atoms. The molecule has 0 rings (SSSR count). The Kier molecular flexibility index (Phi) is 14.7. The molecule has 0 aromatic heterocycles. The zero-order valence-corrected chi connectivity index (χ0v) is 20.2. The highest BCUT2D eigenvalue weighted by atomic mass is 28.4. The third kappa shape index (κ3) is 17.5. The first-order valence-electron chi connectivity index (χ1n) is 9.25. The fraction of sp³-hybridized carbons (Fsp3) is 0.938. The van der Waals surface area contributed by atoms with Crippen molar-refractivity contribution >= 4 is 23.5 Å². The Balaban J connectivity index is 0. The molecule has 0 fully saturated rings. The molecule has 27 heavy (non-hydrogen) atoms. The Labute approximate surface area is 166 Å². The molecular formula is C16H40N2O7Si2. The van der Waals surface area contributed by atoms with Gasteiger partial charge in [-0.05, 0) is 55.4 Å². The summed E-state index contributed by atoms with van der Waals surface area (Å²) in [5.41, 5.74) is 5.37. The predicted octanol–water partition coefficient (Wildman–Crippen LogP) is 0.708. The van der Waals surface area contributed by atoms with Crippen LogP contribution in [0.3, 0.4) is 0 Å².